The van der Waals surface area contributed by atoms with Crippen LogP contribution in [0.5, 0.6) is 0 Å². The van der Waals surface area contributed by atoms with Crippen molar-refractivity contribution >= 4 is 27.7 Å². The van der Waals surface area contributed by atoms with Crippen LogP contribution in [0.2, 0.25) is 0 Å². The van der Waals surface area contributed by atoms with Crippen molar-refractivity contribution in [1.29, 1.82) is 0 Å². The van der Waals surface area contributed by atoms with Crippen molar-refractivity contribution in [3.8, 4) is 0 Å². The Bertz CT molecular complexity index is 1040. The van der Waals surface area contributed by atoms with E-state index in [4.69, 9.17) is 0 Å². The summed E-state index contributed by atoms with van der Waals surface area (Å²) in [4.78, 5) is 27.2. The topological polar surface area (TPSA) is 60.1 Å². The number of amides is 1. The average molecular weight is 366 g/mol. The van der Waals surface area contributed by atoms with E-state index in [1.165, 1.54) is 4.68 Å². The van der Waals surface area contributed by atoms with Gasteiger partial charge in [-0.3, -0.25) is 9.59 Å². The Morgan fingerprint density at radius 3 is 2.70 bits per heavy atom. The molecule has 0 unspecified atom stereocenters. The number of carbonyl (C=O) groups excluding carboxylic acids is 1. The lowest BCUT2D eigenvalue weighted by atomic mass is 9.99. The van der Waals surface area contributed by atoms with Crippen molar-refractivity contribution in [2.75, 3.05) is 13.1 Å². The van der Waals surface area contributed by atoms with Gasteiger partial charge in [-0.05, 0) is 31.2 Å². The van der Waals surface area contributed by atoms with Crippen LogP contribution < -0.4 is 5.56 Å². The molecule has 1 aliphatic rings. The first-order chi connectivity index (χ1) is 13.1. The standard InChI is InChI=1S/C21H26N4O2/c1-15-9-12-24(13-10-15)19(26)8-5-11-25-18-7-4-3-6-16(18)17-14-22-23(2)21(27)20(17)25/h3-4,6-7,14-15H,5,8-13H2,1-2H3. The lowest BCUT2D eigenvalue weighted by Crippen LogP contribution is -2.37. The predicted molar refractivity (Wildman–Crippen MR) is 107 cm³/mol. The molecule has 142 valence electrons. The number of fused-ring (bicyclic) bond motifs is 3. The Morgan fingerprint density at radius 2 is 1.93 bits per heavy atom. The number of carbonyl (C=O) groups is 1. The lowest BCUT2D eigenvalue weighted by molar-refractivity contribution is -0.132. The molecule has 0 N–H and O–H groups in total. The van der Waals surface area contributed by atoms with Crippen molar-refractivity contribution in [2.24, 2.45) is 13.0 Å². The van der Waals surface area contributed by atoms with Crippen LogP contribution in [0.3, 0.4) is 0 Å². The summed E-state index contributed by atoms with van der Waals surface area (Å²) in [5.74, 6) is 0.953. The van der Waals surface area contributed by atoms with Gasteiger partial charge in [0.2, 0.25) is 5.91 Å². The Kier molecular flexibility index (Phi) is 4.72. The second-order valence-corrected chi connectivity index (χ2v) is 7.67. The molecule has 2 aromatic heterocycles. The fraction of sp³-hybridized carbons (Fsp3) is 0.476. The van der Waals surface area contributed by atoms with Crippen molar-refractivity contribution in [3.63, 3.8) is 0 Å². The highest BCUT2D eigenvalue weighted by Gasteiger charge is 2.20. The second-order valence-electron chi connectivity index (χ2n) is 7.67. The van der Waals surface area contributed by atoms with E-state index < -0.39 is 0 Å². The minimum Gasteiger partial charge on any atom is -0.343 e. The first kappa shape index (κ1) is 17.8. The summed E-state index contributed by atoms with van der Waals surface area (Å²) in [6.45, 7) is 4.65. The van der Waals surface area contributed by atoms with Crippen LogP contribution in [0.15, 0.2) is 35.3 Å². The predicted octanol–water partition coefficient (Wildman–Crippen LogP) is 2.93. The zero-order valence-electron chi connectivity index (χ0n) is 16.0. The van der Waals surface area contributed by atoms with Gasteiger partial charge in [-0.25, -0.2) is 4.68 Å². The Labute approximate surface area is 158 Å². The quantitative estimate of drug-likeness (QED) is 0.713. The van der Waals surface area contributed by atoms with E-state index in [1.54, 1.807) is 13.2 Å². The summed E-state index contributed by atoms with van der Waals surface area (Å²) in [7, 11) is 1.67. The van der Waals surface area contributed by atoms with Gasteiger partial charge in [0.05, 0.1) is 6.20 Å². The number of rotatable bonds is 4. The molecule has 1 fully saturated rings. The largest absolute Gasteiger partial charge is 0.343 e. The number of hydrogen-bond acceptors (Lipinski definition) is 3. The molecule has 1 aromatic carbocycles. The van der Waals surface area contributed by atoms with Gasteiger partial charge < -0.3 is 9.47 Å². The van der Waals surface area contributed by atoms with Gasteiger partial charge in [0.25, 0.3) is 5.56 Å². The number of nitrogens with zero attached hydrogens (tertiary/aromatic N) is 4. The SMILES string of the molecule is CC1CCN(C(=O)CCCn2c3ccccc3c3cnn(C)c(=O)c32)CC1. The zero-order valence-corrected chi connectivity index (χ0v) is 16.0. The molecule has 1 amide bonds. The molecule has 3 heterocycles. The minimum absolute atomic E-state index is 0.0972. The molecular formula is C21H26N4O2. The van der Waals surface area contributed by atoms with Gasteiger partial charge >= 0.3 is 0 Å². The molecule has 4 rings (SSSR count). The molecule has 1 aliphatic heterocycles. The molecular weight excluding hydrogens is 340 g/mol. The highest BCUT2D eigenvalue weighted by atomic mass is 16.2. The lowest BCUT2D eigenvalue weighted by Gasteiger charge is -2.30. The van der Waals surface area contributed by atoms with E-state index >= 15 is 0 Å². The van der Waals surface area contributed by atoms with E-state index in [-0.39, 0.29) is 11.5 Å². The van der Waals surface area contributed by atoms with Crippen molar-refractivity contribution < 1.29 is 4.79 Å². The summed E-state index contributed by atoms with van der Waals surface area (Å²) >= 11 is 0. The molecule has 0 aliphatic carbocycles. The van der Waals surface area contributed by atoms with Crippen LogP contribution in [0.1, 0.15) is 32.6 Å². The minimum atomic E-state index is -0.0972. The smallest absolute Gasteiger partial charge is 0.291 e. The van der Waals surface area contributed by atoms with Crippen LogP contribution >= 0.6 is 0 Å². The maximum absolute atomic E-state index is 12.7. The molecule has 27 heavy (non-hydrogen) atoms. The molecule has 6 nitrogen and oxygen atoms in total. The molecule has 0 bridgehead atoms. The summed E-state index contributed by atoms with van der Waals surface area (Å²) in [5, 5.41) is 6.09. The van der Waals surface area contributed by atoms with Crippen molar-refractivity contribution in [1.82, 2.24) is 19.2 Å². The second kappa shape index (κ2) is 7.18. The molecule has 3 aromatic rings. The molecule has 1 saturated heterocycles. The normalized spacial score (nSPS) is 15.7. The highest BCUT2D eigenvalue weighted by Crippen LogP contribution is 2.26. The first-order valence-corrected chi connectivity index (χ1v) is 9.77. The Balaban J connectivity index is 1.57. The fourth-order valence-electron chi connectivity index (χ4n) is 4.08. The van der Waals surface area contributed by atoms with Gasteiger partial charge in [0, 0.05) is 49.4 Å². The zero-order chi connectivity index (χ0) is 19.0. The molecule has 0 spiro atoms. The summed E-state index contributed by atoms with van der Waals surface area (Å²) < 4.78 is 3.43. The number of aromatic nitrogens is 3. The third-order valence-electron chi connectivity index (χ3n) is 5.78. The van der Waals surface area contributed by atoms with Crippen LogP contribution in [0.25, 0.3) is 21.8 Å². The van der Waals surface area contributed by atoms with Gasteiger partial charge in [-0.2, -0.15) is 5.10 Å². The summed E-state index contributed by atoms with van der Waals surface area (Å²) in [6, 6.07) is 8.01. The van der Waals surface area contributed by atoms with Gasteiger partial charge in [-0.1, -0.05) is 25.1 Å². The van der Waals surface area contributed by atoms with E-state index in [9.17, 15) is 9.59 Å². The van der Waals surface area contributed by atoms with Crippen molar-refractivity contribution in [2.45, 2.75) is 39.2 Å². The van der Waals surface area contributed by atoms with E-state index in [0.717, 1.165) is 54.6 Å². The van der Waals surface area contributed by atoms with E-state index in [0.29, 0.717) is 18.5 Å². The fourth-order valence-corrected chi connectivity index (χ4v) is 4.08. The Morgan fingerprint density at radius 1 is 1.19 bits per heavy atom. The number of benzene rings is 1. The third kappa shape index (κ3) is 3.24. The number of piperidine rings is 1. The molecule has 6 heteroatoms. The average Bonchev–Trinajstić information content (AvgIpc) is 3.00. The third-order valence-corrected chi connectivity index (χ3v) is 5.78. The number of aryl methyl sites for hydroxylation is 2. The van der Waals surface area contributed by atoms with Gasteiger partial charge in [0.15, 0.2) is 0 Å². The first-order valence-electron chi connectivity index (χ1n) is 9.77. The maximum Gasteiger partial charge on any atom is 0.291 e. The highest BCUT2D eigenvalue weighted by molar-refractivity contribution is 6.07. The molecule has 0 atom stereocenters. The maximum atomic E-state index is 12.7. The number of para-hydroxylation sites is 1. The van der Waals surface area contributed by atoms with Crippen molar-refractivity contribution in [3.05, 3.63) is 40.8 Å². The molecule has 0 radical (unpaired) electrons. The van der Waals surface area contributed by atoms with E-state index in [2.05, 4.69) is 16.6 Å². The summed E-state index contributed by atoms with van der Waals surface area (Å²) in [6.07, 6.45) is 5.21. The van der Waals surface area contributed by atoms with E-state index in [1.807, 2.05) is 29.2 Å². The van der Waals surface area contributed by atoms with Crippen LogP contribution in [-0.4, -0.2) is 38.2 Å². The summed E-state index contributed by atoms with van der Waals surface area (Å²) in [5.41, 5.74) is 1.60. The number of likely N-dealkylation sites (tertiary alicyclic amines) is 1. The number of hydrogen-bond donors (Lipinski definition) is 0. The van der Waals surface area contributed by atoms with Crippen LogP contribution in [0.4, 0.5) is 0 Å². The monoisotopic (exact) mass is 366 g/mol. The van der Waals surface area contributed by atoms with Gasteiger partial charge in [0.1, 0.15) is 5.52 Å². The van der Waals surface area contributed by atoms with Crippen LogP contribution in [0, 0.1) is 5.92 Å². The van der Waals surface area contributed by atoms with Gasteiger partial charge in [-0.15, -0.1) is 0 Å². The Hall–Kier alpha value is -2.63. The molecule has 0 saturated carbocycles. The van der Waals surface area contributed by atoms with Crippen LogP contribution in [-0.2, 0) is 18.4 Å².